The monoisotopic (exact) mass is 740 g/mol. The fourth-order valence-corrected chi connectivity index (χ4v) is 8.44. The van der Waals surface area contributed by atoms with Crippen LogP contribution in [0.25, 0.3) is 106 Å². The number of aromatic nitrogens is 3. The highest BCUT2D eigenvalue weighted by Gasteiger charge is 2.25. The average molecular weight is 741 g/mol. The third kappa shape index (κ3) is 5.31. The van der Waals surface area contributed by atoms with Crippen LogP contribution in [0.1, 0.15) is 5.56 Å². The van der Waals surface area contributed by atoms with Gasteiger partial charge in [-0.05, 0) is 47.0 Å². The number of benzene rings is 8. The van der Waals surface area contributed by atoms with Crippen molar-refractivity contribution in [2.75, 3.05) is 0 Å². The van der Waals surface area contributed by atoms with E-state index < -0.39 is 0 Å². The van der Waals surface area contributed by atoms with Gasteiger partial charge in [-0.3, -0.25) is 0 Å². The Morgan fingerprint density at radius 3 is 1.59 bits per heavy atom. The Morgan fingerprint density at radius 2 is 0.966 bits per heavy atom. The molecule has 0 radical (unpaired) electrons. The number of hydrogen-bond donors (Lipinski definition) is 0. The molecule has 0 atom stereocenters. The lowest BCUT2D eigenvalue weighted by Gasteiger charge is -2.20. The maximum Gasteiger partial charge on any atom is 0.161 e. The van der Waals surface area contributed by atoms with Crippen LogP contribution in [-0.2, 0) is 0 Å². The Bertz CT molecular complexity index is 3320. The largest absolute Gasteiger partial charge is 0.454 e. The van der Waals surface area contributed by atoms with E-state index in [1.165, 1.54) is 0 Å². The third-order valence-electron chi connectivity index (χ3n) is 11.1. The highest BCUT2D eigenvalue weighted by atomic mass is 16.3. The van der Waals surface area contributed by atoms with E-state index in [0.717, 1.165) is 88.4 Å². The van der Waals surface area contributed by atoms with Crippen LogP contribution in [0.15, 0.2) is 199 Å². The van der Waals surface area contributed by atoms with Gasteiger partial charge in [0.05, 0.1) is 28.1 Å². The summed E-state index contributed by atoms with van der Waals surface area (Å²) >= 11 is 0. The van der Waals surface area contributed by atoms with E-state index in [-0.39, 0.29) is 0 Å². The van der Waals surface area contributed by atoms with E-state index in [4.69, 9.17) is 14.4 Å². The fraction of sp³-hybridized carbons (Fsp3) is 0. The van der Waals surface area contributed by atoms with E-state index >= 15 is 0 Å². The standard InChI is InChI=1S/C53H32N4O/c54-33-45-49(36-21-9-3-10-22-36)55-53(56-50(45)37-23-11-4-12-24-37)44-31-43(35-19-7-2-8-20-35)47(32-42(44)34-17-5-1-6-18-34)57-46-27-15-13-25-38(46)40-29-30-41-39-26-14-16-28-48(39)58-52(41)51(40)57/h1-32H. The molecule has 0 bridgehead atoms. The minimum atomic E-state index is 0.433. The van der Waals surface area contributed by atoms with Gasteiger partial charge < -0.3 is 8.98 Å². The first-order chi connectivity index (χ1) is 28.7. The molecule has 0 aliphatic rings. The van der Waals surface area contributed by atoms with Gasteiger partial charge in [0.25, 0.3) is 0 Å². The molecule has 3 aromatic heterocycles. The first-order valence-electron chi connectivity index (χ1n) is 19.3. The molecular weight excluding hydrogens is 709 g/mol. The van der Waals surface area contributed by atoms with Crippen molar-refractivity contribution in [1.29, 1.82) is 5.26 Å². The van der Waals surface area contributed by atoms with Gasteiger partial charge >= 0.3 is 0 Å². The van der Waals surface area contributed by atoms with E-state index in [1.54, 1.807) is 0 Å². The number of nitriles is 1. The van der Waals surface area contributed by atoms with E-state index in [9.17, 15) is 5.26 Å². The van der Waals surface area contributed by atoms with Crippen LogP contribution >= 0.6 is 0 Å². The molecule has 11 aromatic rings. The van der Waals surface area contributed by atoms with Crippen molar-refractivity contribution < 1.29 is 4.42 Å². The van der Waals surface area contributed by atoms with Crippen molar-refractivity contribution in [2.24, 2.45) is 0 Å². The molecule has 0 aliphatic heterocycles. The smallest absolute Gasteiger partial charge is 0.161 e. The lowest BCUT2D eigenvalue weighted by Crippen LogP contribution is -2.04. The summed E-state index contributed by atoms with van der Waals surface area (Å²) in [5, 5.41) is 15.1. The van der Waals surface area contributed by atoms with Gasteiger partial charge in [0.1, 0.15) is 17.2 Å². The molecule has 0 N–H and O–H groups in total. The summed E-state index contributed by atoms with van der Waals surface area (Å²) in [6, 6.07) is 69.0. The molecule has 0 fully saturated rings. The number of fused-ring (bicyclic) bond motifs is 7. The fourth-order valence-electron chi connectivity index (χ4n) is 8.44. The Hall–Kier alpha value is -8.07. The minimum Gasteiger partial charge on any atom is -0.454 e. The van der Waals surface area contributed by atoms with Crippen LogP contribution in [0.4, 0.5) is 0 Å². The second-order valence-corrected chi connectivity index (χ2v) is 14.4. The molecule has 11 rings (SSSR count). The summed E-state index contributed by atoms with van der Waals surface area (Å²) in [6.45, 7) is 0. The van der Waals surface area contributed by atoms with Gasteiger partial charge in [-0.2, -0.15) is 5.26 Å². The third-order valence-corrected chi connectivity index (χ3v) is 11.1. The highest BCUT2D eigenvalue weighted by molar-refractivity contribution is 6.21. The van der Waals surface area contributed by atoms with Crippen molar-refractivity contribution in [3.63, 3.8) is 0 Å². The molecular formula is C53H32N4O. The minimum absolute atomic E-state index is 0.433. The van der Waals surface area contributed by atoms with Gasteiger partial charge in [0.15, 0.2) is 11.4 Å². The second kappa shape index (κ2) is 13.6. The van der Waals surface area contributed by atoms with Crippen LogP contribution in [0.5, 0.6) is 0 Å². The quantitative estimate of drug-likeness (QED) is 0.170. The van der Waals surface area contributed by atoms with Crippen LogP contribution in [0.2, 0.25) is 0 Å². The molecule has 0 aliphatic carbocycles. The van der Waals surface area contributed by atoms with Crippen molar-refractivity contribution in [3.8, 4) is 67.9 Å². The Morgan fingerprint density at radius 1 is 0.448 bits per heavy atom. The summed E-state index contributed by atoms with van der Waals surface area (Å²) in [6.07, 6.45) is 0. The lowest BCUT2D eigenvalue weighted by molar-refractivity contribution is 0.671. The molecule has 5 nitrogen and oxygen atoms in total. The summed E-state index contributed by atoms with van der Waals surface area (Å²) < 4.78 is 9.15. The summed E-state index contributed by atoms with van der Waals surface area (Å²) in [7, 11) is 0. The molecule has 270 valence electrons. The predicted octanol–water partition coefficient (Wildman–Crippen LogP) is 13.7. The number of hydrogen-bond acceptors (Lipinski definition) is 4. The number of nitrogens with zero attached hydrogens (tertiary/aromatic N) is 4. The van der Waals surface area contributed by atoms with Gasteiger partial charge in [-0.1, -0.05) is 164 Å². The predicted molar refractivity (Wildman–Crippen MR) is 236 cm³/mol. The maximum absolute atomic E-state index is 10.7. The Labute approximate surface area is 334 Å². The number of furan rings is 1. The van der Waals surface area contributed by atoms with Gasteiger partial charge in [-0.15, -0.1) is 0 Å². The summed E-state index contributed by atoms with van der Waals surface area (Å²) in [5.74, 6) is 0.529. The SMILES string of the molecule is N#Cc1c(-c2ccccc2)nc(-c2cc(-c3ccccc3)c(-n3c4ccccc4c4ccc5c6ccccc6oc5c43)cc2-c2ccccc2)nc1-c1ccccc1. The molecule has 58 heavy (non-hydrogen) atoms. The van der Waals surface area contributed by atoms with Crippen molar-refractivity contribution in [2.45, 2.75) is 0 Å². The first kappa shape index (κ1) is 33.3. The normalized spacial score (nSPS) is 11.4. The van der Waals surface area contributed by atoms with Crippen molar-refractivity contribution in [3.05, 3.63) is 200 Å². The van der Waals surface area contributed by atoms with E-state index in [1.807, 2.05) is 84.9 Å². The first-order valence-corrected chi connectivity index (χ1v) is 19.3. The summed E-state index contributed by atoms with van der Waals surface area (Å²) in [5.41, 5.74) is 12.9. The van der Waals surface area contributed by atoms with Crippen molar-refractivity contribution >= 4 is 43.7 Å². The highest BCUT2D eigenvalue weighted by Crippen LogP contribution is 2.45. The molecule has 0 saturated carbocycles. The average Bonchev–Trinajstić information content (AvgIpc) is 3.85. The van der Waals surface area contributed by atoms with Gasteiger partial charge in [0.2, 0.25) is 0 Å². The van der Waals surface area contributed by atoms with Crippen LogP contribution < -0.4 is 0 Å². The number of rotatable bonds is 6. The molecule has 0 unspecified atom stereocenters. The van der Waals surface area contributed by atoms with E-state index in [2.05, 4.69) is 120 Å². The van der Waals surface area contributed by atoms with Crippen LogP contribution in [0.3, 0.4) is 0 Å². The topological polar surface area (TPSA) is 67.6 Å². The number of para-hydroxylation sites is 2. The Balaban J connectivity index is 1.30. The van der Waals surface area contributed by atoms with Gasteiger partial charge in [-0.25, -0.2) is 9.97 Å². The molecule has 0 amide bonds. The summed E-state index contributed by atoms with van der Waals surface area (Å²) in [4.78, 5) is 10.6. The zero-order chi connectivity index (χ0) is 38.6. The van der Waals surface area contributed by atoms with Gasteiger partial charge in [0, 0.05) is 43.8 Å². The molecule has 8 aromatic carbocycles. The van der Waals surface area contributed by atoms with Crippen molar-refractivity contribution in [1.82, 2.24) is 14.5 Å². The second-order valence-electron chi connectivity index (χ2n) is 14.4. The molecule has 3 heterocycles. The lowest BCUT2D eigenvalue weighted by atomic mass is 9.92. The molecule has 5 heteroatoms. The molecule has 0 saturated heterocycles. The van der Waals surface area contributed by atoms with Crippen LogP contribution in [-0.4, -0.2) is 14.5 Å². The van der Waals surface area contributed by atoms with E-state index in [0.29, 0.717) is 22.8 Å². The Kier molecular flexibility index (Phi) is 7.80. The molecule has 0 spiro atoms. The zero-order valence-corrected chi connectivity index (χ0v) is 31.2. The maximum atomic E-state index is 10.7. The van der Waals surface area contributed by atoms with Crippen LogP contribution in [0, 0.1) is 11.3 Å². The zero-order valence-electron chi connectivity index (χ0n) is 31.2.